The van der Waals surface area contributed by atoms with Gasteiger partial charge in [0.2, 0.25) is 0 Å². The maximum Gasteiger partial charge on any atom is 0.191 e. The Bertz CT molecular complexity index is 731. The van der Waals surface area contributed by atoms with Gasteiger partial charge in [0, 0.05) is 17.2 Å². The lowest BCUT2D eigenvalue weighted by Gasteiger charge is -2.07. The Morgan fingerprint density at radius 3 is 2.96 bits per heavy atom. The summed E-state index contributed by atoms with van der Waals surface area (Å²) in [6.45, 7) is 1.27. The van der Waals surface area contributed by atoms with E-state index in [1.165, 1.54) is 10.9 Å². The Hall–Kier alpha value is -1.86. The van der Waals surface area contributed by atoms with Crippen LogP contribution in [0, 0.1) is 5.82 Å². The third-order valence-corrected chi connectivity index (χ3v) is 5.05. The molecule has 0 radical (unpaired) electrons. The highest BCUT2D eigenvalue weighted by atomic mass is 32.2. The molecule has 0 aliphatic rings. The lowest BCUT2D eigenvalue weighted by atomic mass is 10.3. The van der Waals surface area contributed by atoms with Crippen LogP contribution in [0.4, 0.5) is 4.39 Å². The highest BCUT2D eigenvalue weighted by Crippen LogP contribution is 2.19. The van der Waals surface area contributed by atoms with Crippen LogP contribution in [0.25, 0.3) is 0 Å². The van der Waals surface area contributed by atoms with Gasteiger partial charge in [-0.3, -0.25) is 0 Å². The summed E-state index contributed by atoms with van der Waals surface area (Å²) in [7, 11) is 0. The summed E-state index contributed by atoms with van der Waals surface area (Å²) < 4.78 is 20.9. The van der Waals surface area contributed by atoms with E-state index in [2.05, 4.69) is 27.7 Å². The lowest BCUT2D eigenvalue weighted by Crippen LogP contribution is -2.05. The quantitative estimate of drug-likeness (QED) is 0.457. The van der Waals surface area contributed by atoms with E-state index in [-0.39, 0.29) is 11.6 Å². The van der Waals surface area contributed by atoms with Crippen molar-refractivity contribution in [2.45, 2.75) is 18.1 Å². The van der Waals surface area contributed by atoms with Gasteiger partial charge < -0.3 is 9.30 Å². The Morgan fingerprint density at radius 1 is 1.22 bits per heavy atom. The Balaban J connectivity index is 1.45. The topological polar surface area (TPSA) is 39.9 Å². The molecule has 3 aromatic rings. The molecule has 0 saturated carbocycles. The normalized spacial score (nSPS) is 10.8. The number of para-hydroxylation sites is 1. The zero-order valence-corrected chi connectivity index (χ0v) is 14.0. The molecule has 0 atom stereocenters. The van der Waals surface area contributed by atoms with E-state index in [0.29, 0.717) is 12.4 Å². The number of thiophene rings is 1. The molecule has 0 bridgehead atoms. The van der Waals surface area contributed by atoms with Crippen molar-refractivity contribution in [3.05, 3.63) is 58.8 Å². The molecule has 0 spiro atoms. The average Bonchev–Trinajstić information content (AvgIpc) is 3.22. The predicted molar refractivity (Wildman–Crippen MR) is 90.7 cm³/mol. The molecule has 3 rings (SSSR count). The summed E-state index contributed by atoms with van der Waals surface area (Å²) in [5.74, 6) is 0.635. The number of ether oxygens (including phenoxy) is 1. The maximum absolute atomic E-state index is 13.4. The van der Waals surface area contributed by atoms with Crippen LogP contribution in [0.1, 0.15) is 4.88 Å². The number of aromatic nitrogens is 3. The first-order valence-corrected chi connectivity index (χ1v) is 9.10. The second-order valence-corrected chi connectivity index (χ2v) is 6.86. The number of hydrogen-bond donors (Lipinski definition) is 0. The van der Waals surface area contributed by atoms with Gasteiger partial charge in [-0.1, -0.05) is 30.0 Å². The van der Waals surface area contributed by atoms with Gasteiger partial charge in [-0.2, -0.15) is 0 Å². The molecule has 0 N–H and O–H groups in total. The first-order chi connectivity index (χ1) is 11.3. The first kappa shape index (κ1) is 16.0. The fourth-order valence-corrected chi connectivity index (χ4v) is 3.50. The van der Waals surface area contributed by atoms with Crippen molar-refractivity contribution in [1.82, 2.24) is 14.8 Å². The van der Waals surface area contributed by atoms with Gasteiger partial charge in [0.25, 0.3) is 0 Å². The van der Waals surface area contributed by atoms with Crippen LogP contribution in [-0.4, -0.2) is 27.1 Å². The monoisotopic (exact) mass is 349 g/mol. The number of hydrogen-bond acceptors (Lipinski definition) is 5. The van der Waals surface area contributed by atoms with Crippen LogP contribution >= 0.6 is 23.1 Å². The molecule has 1 aromatic carbocycles. The minimum absolute atomic E-state index is 0.285. The molecule has 2 heterocycles. The molecule has 0 amide bonds. The van der Waals surface area contributed by atoms with Crippen molar-refractivity contribution in [3.8, 4) is 5.75 Å². The van der Waals surface area contributed by atoms with E-state index in [0.717, 1.165) is 18.1 Å². The van der Waals surface area contributed by atoms with Crippen LogP contribution in [0.15, 0.2) is 53.3 Å². The molecular weight excluding hydrogens is 333 g/mol. The third-order valence-electron chi connectivity index (χ3n) is 3.17. The molecule has 0 aliphatic carbocycles. The number of nitrogens with zero attached hydrogens (tertiary/aromatic N) is 3. The van der Waals surface area contributed by atoms with E-state index in [9.17, 15) is 4.39 Å². The minimum Gasteiger partial charge on any atom is -0.490 e. The Kier molecular flexibility index (Phi) is 5.65. The van der Waals surface area contributed by atoms with Crippen molar-refractivity contribution >= 4 is 23.1 Å². The summed E-state index contributed by atoms with van der Waals surface area (Å²) in [5, 5.41) is 11.0. The van der Waals surface area contributed by atoms with Crippen LogP contribution < -0.4 is 4.74 Å². The van der Waals surface area contributed by atoms with Gasteiger partial charge in [-0.15, -0.1) is 21.5 Å². The zero-order chi connectivity index (χ0) is 15.9. The highest BCUT2D eigenvalue weighted by Gasteiger charge is 2.06. The van der Waals surface area contributed by atoms with E-state index < -0.39 is 0 Å². The van der Waals surface area contributed by atoms with Gasteiger partial charge in [0.15, 0.2) is 16.7 Å². The summed E-state index contributed by atoms with van der Waals surface area (Å²) in [6, 6.07) is 10.6. The van der Waals surface area contributed by atoms with Crippen LogP contribution in [0.3, 0.4) is 0 Å². The molecule has 0 unspecified atom stereocenters. The summed E-state index contributed by atoms with van der Waals surface area (Å²) in [4.78, 5) is 1.34. The number of halogens is 1. The van der Waals surface area contributed by atoms with Crippen LogP contribution in [-0.2, 0) is 13.0 Å². The van der Waals surface area contributed by atoms with E-state index >= 15 is 0 Å². The maximum atomic E-state index is 13.4. The van der Waals surface area contributed by atoms with Gasteiger partial charge in [0.05, 0.1) is 6.61 Å². The SMILES string of the molecule is Fc1ccccc1OCCSc1nncn1CCc1cccs1. The van der Waals surface area contributed by atoms with Gasteiger partial charge in [0.1, 0.15) is 6.33 Å². The van der Waals surface area contributed by atoms with Gasteiger partial charge in [-0.25, -0.2) is 4.39 Å². The van der Waals surface area contributed by atoms with Gasteiger partial charge in [-0.05, 0) is 30.0 Å². The smallest absolute Gasteiger partial charge is 0.191 e. The van der Waals surface area contributed by atoms with Gasteiger partial charge >= 0.3 is 0 Å². The molecule has 0 aliphatic heterocycles. The molecule has 0 fully saturated rings. The highest BCUT2D eigenvalue weighted by molar-refractivity contribution is 7.99. The summed E-state index contributed by atoms with van der Waals surface area (Å²) in [5.41, 5.74) is 0. The van der Waals surface area contributed by atoms with E-state index in [1.807, 2.05) is 4.57 Å². The largest absolute Gasteiger partial charge is 0.490 e. The summed E-state index contributed by atoms with van der Waals surface area (Å²) in [6.07, 6.45) is 2.71. The standard InChI is InChI=1S/C16H16FN3OS2/c17-14-5-1-2-6-15(14)21-9-11-23-16-19-18-12-20(16)8-7-13-4-3-10-22-13/h1-6,10,12H,7-9,11H2. The van der Waals surface area contributed by atoms with Crippen molar-refractivity contribution in [2.75, 3.05) is 12.4 Å². The second kappa shape index (κ2) is 8.12. The summed E-state index contributed by atoms with van der Waals surface area (Å²) >= 11 is 3.32. The van der Waals surface area contributed by atoms with Crippen molar-refractivity contribution in [2.24, 2.45) is 0 Å². The predicted octanol–water partition coefficient (Wildman–Crippen LogP) is 3.89. The van der Waals surface area contributed by atoms with Crippen molar-refractivity contribution in [3.63, 3.8) is 0 Å². The van der Waals surface area contributed by atoms with Crippen molar-refractivity contribution in [1.29, 1.82) is 0 Å². The molecule has 2 aromatic heterocycles. The molecule has 0 saturated heterocycles. The number of benzene rings is 1. The second-order valence-electron chi connectivity index (χ2n) is 4.76. The molecular formula is C16H16FN3OS2. The van der Waals surface area contributed by atoms with Crippen LogP contribution in [0.5, 0.6) is 5.75 Å². The van der Waals surface area contributed by atoms with E-state index in [1.54, 1.807) is 47.6 Å². The number of thioether (sulfide) groups is 1. The first-order valence-electron chi connectivity index (χ1n) is 7.23. The molecule has 4 nitrogen and oxygen atoms in total. The molecule has 120 valence electrons. The van der Waals surface area contributed by atoms with Crippen LogP contribution in [0.2, 0.25) is 0 Å². The number of rotatable bonds is 8. The molecule has 23 heavy (non-hydrogen) atoms. The fraction of sp³-hybridized carbons (Fsp3) is 0.250. The number of aryl methyl sites for hydroxylation is 2. The molecule has 7 heteroatoms. The third kappa shape index (κ3) is 4.56. The Labute approximate surface area is 142 Å². The lowest BCUT2D eigenvalue weighted by molar-refractivity contribution is 0.325. The fourth-order valence-electron chi connectivity index (χ4n) is 2.04. The van der Waals surface area contributed by atoms with Crippen molar-refractivity contribution < 1.29 is 9.13 Å². The average molecular weight is 349 g/mol. The van der Waals surface area contributed by atoms with E-state index in [4.69, 9.17) is 4.74 Å². The Morgan fingerprint density at radius 2 is 2.13 bits per heavy atom. The zero-order valence-electron chi connectivity index (χ0n) is 12.4. The minimum atomic E-state index is -0.336.